The van der Waals surface area contributed by atoms with Gasteiger partial charge in [0, 0.05) is 5.02 Å². The Kier molecular flexibility index (Phi) is 3.82. The molecule has 1 aliphatic rings. The molecule has 1 saturated heterocycles. The Morgan fingerprint density at radius 2 is 2.31 bits per heavy atom. The van der Waals surface area contributed by atoms with Gasteiger partial charge in [-0.05, 0) is 49.0 Å². The fourth-order valence-electron chi connectivity index (χ4n) is 2.56. The van der Waals surface area contributed by atoms with E-state index >= 15 is 0 Å². The third-order valence-corrected chi connectivity index (χ3v) is 3.73. The lowest BCUT2D eigenvalue weighted by atomic mass is 9.79. The number of piperidine rings is 1. The highest BCUT2D eigenvalue weighted by molar-refractivity contribution is 6.30. The summed E-state index contributed by atoms with van der Waals surface area (Å²) in [6, 6.07) is 5.05. The van der Waals surface area contributed by atoms with Gasteiger partial charge in [-0.15, -0.1) is 0 Å². The number of hydrogen-bond donors (Lipinski definition) is 1. The first-order valence-electron chi connectivity index (χ1n) is 5.88. The van der Waals surface area contributed by atoms with E-state index in [4.69, 9.17) is 11.6 Å². The van der Waals surface area contributed by atoms with E-state index in [0.29, 0.717) is 16.9 Å². The smallest absolute Gasteiger partial charge is 0.128 e. The molecule has 3 heteroatoms. The molecule has 1 nitrogen and oxygen atoms in total. The second kappa shape index (κ2) is 5.15. The molecule has 2 atom stereocenters. The number of nitrogens with one attached hydrogen (secondary N) is 1. The maximum atomic E-state index is 13.8. The molecule has 0 spiro atoms. The lowest BCUT2D eigenvalue weighted by molar-refractivity contribution is 0.311. The predicted molar refractivity (Wildman–Crippen MR) is 65.4 cm³/mol. The maximum absolute atomic E-state index is 13.8. The maximum Gasteiger partial charge on any atom is 0.128 e. The van der Waals surface area contributed by atoms with Crippen LogP contribution < -0.4 is 5.32 Å². The number of rotatable bonds is 2. The summed E-state index contributed by atoms with van der Waals surface area (Å²) in [5.41, 5.74) is 0.831. The number of hydrogen-bond acceptors (Lipinski definition) is 1. The molecular weight excluding hydrogens is 225 g/mol. The number of benzene rings is 1. The summed E-state index contributed by atoms with van der Waals surface area (Å²) < 4.78 is 13.8. The summed E-state index contributed by atoms with van der Waals surface area (Å²) in [5.74, 6) is 0.714. The molecule has 0 aliphatic carbocycles. The highest BCUT2D eigenvalue weighted by atomic mass is 35.5. The summed E-state index contributed by atoms with van der Waals surface area (Å²) in [6.45, 7) is 4.13. The monoisotopic (exact) mass is 241 g/mol. The summed E-state index contributed by atoms with van der Waals surface area (Å²) in [5, 5.41) is 3.84. The molecule has 0 aromatic heterocycles. The van der Waals surface area contributed by atoms with Crippen LogP contribution in [0.15, 0.2) is 18.2 Å². The van der Waals surface area contributed by atoms with Crippen molar-refractivity contribution in [1.29, 1.82) is 0 Å². The van der Waals surface area contributed by atoms with Crippen LogP contribution in [0.5, 0.6) is 0 Å². The average molecular weight is 242 g/mol. The molecule has 1 aromatic carbocycles. The van der Waals surface area contributed by atoms with Gasteiger partial charge in [0.05, 0.1) is 0 Å². The zero-order valence-electron chi connectivity index (χ0n) is 9.47. The molecule has 16 heavy (non-hydrogen) atoms. The molecule has 1 heterocycles. The zero-order valence-corrected chi connectivity index (χ0v) is 10.2. The van der Waals surface area contributed by atoms with E-state index in [0.717, 1.165) is 31.5 Å². The highest BCUT2D eigenvalue weighted by Crippen LogP contribution is 2.34. The van der Waals surface area contributed by atoms with Gasteiger partial charge in [-0.25, -0.2) is 4.39 Å². The molecule has 0 radical (unpaired) electrons. The van der Waals surface area contributed by atoms with E-state index in [-0.39, 0.29) is 5.82 Å². The molecular formula is C13H17ClFN. The van der Waals surface area contributed by atoms with Gasteiger partial charge in [0.1, 0.15) is 5.82 Å². The van der Waals surface area contributed by atoms with Crippen LogP contribution in [0, 0.1) is 11.7 Å². The first kappa shape index (κ1) is 11.9. The van der Waals surface area contributed by atoms with E-state index in [1.807, 2.05) is 6.07 Å². The third-order valence-electron chi connectivity index (χ3n) is 3.49. The molecule has 1 aromatic rings. The third kappa shape index (κ3) is 2.38. The fraction of sp³-hybridized carbons (Fsp3) is 0.538. The molecule has 2 unspecified atom stereocenters. The van der Waals surface area contributed by atoms with Gasteiger partial charge < -0.3 is 5.32 Å². The van der Waals surface area contributed by atoms with Crippen LogP contribution in [0.1, 0.15) is 31.2 Å². The van der Waals surface area contributed by atoms with Crippen LogP contribution in [-0.2, 0) is 0 Å². The van der Waals surface area contributed by atoms with Crippen molar-refractivity contribution >= 4 is 11.6 Å². The van der Waals surface area contributed by atoms with Crippen molar-refractivity contribution in [1.82, 2.24) is 5.32 Å². The van der Waals surface area contributed by atoms with Crippen LogP contribution >= 0.6 is 11.6 Å². The lowest BCUT2D eigenvalue weighted by Gasteiger charge is -2.32. The van der Waals surface area contributed by atoms with E-state index in [1.165, 1.54) is 6.07 Å². The van der Waals surface area contributed by atoms with E-state index in [9.17, 15) is 4.39 Å². The fourth-order valence-corrected chi connectivity index (χ4v) is 2.72. The summed E-state index contributed by atoms with van der Waals surface area (Å²) in [7, 11) is 0. The predicted octanol–water partition coefficient (Wildman–Crippen LogP) is 3.58. The van der Waals surface area contributed by atoms with Gasteiger partial charge in [0.25, 0.3) is 0 Å². The lowest BCUT2D eigenvalue weighted by Crippen LogP contribution is -2.35. The Morgan fingerprint density at radius 3 is 3.00 bits per heavy atom. The quantitative estimate of drug-likeness (QED) is 0.835. The van der Waals surface area contributed by atoms with Crippen molar-refractivity contribution < 1.29 is 4.39 Å². The van der Waals surface area contributed by atoms with Crippen molar-refractivity contribution in [3.8, 4) is 0 Å². The highest BCUT2D eigenvalue weighted by Gasteiger charge is 2.26. The van der Waals surface area contributed by atoms with Crippen molar-refractivity contribution in [3.63, 3.8) is 0 Å². The van der Waals surface area contributed by atoms with Crippen molar-refractivity contribution in [2.75, 3.05) is 13.1 Å². The van der Waals surface area contributed by atoms with Crippen molar-refractivity contribution in [2.24, 2.45) is 5.92 Å². The van der Waals surface area contributed by atoms with Crippen molar-refractivity contribution in [3.05, 3.63) is 34.6 Å². The first-order chi connectivity index (χ1) is 7.72. The molecule has 0 amide bonds. The standard InChI is InChI=1S/C13H17ClFN/c1-2-9-8-16-6-5-11(9)12-4-3-10(14)7-13(12)15/h3-4,7,9,11,16H,2,5-6,8H2,1H3. The van der Waals surface area contributed by atoms with Gasteiger partial charge >= 0.3 is 0 Å². The van der Waals surface area contributed by atoms with Crippen LogP contribution in [0.2, 0.25) is 5.02 Å². The molecule has 1 N–H and O–H groups in total. The Bertz CT molecular complexity index is 367. The van der Waals surface area contributed by atoms with Crippen LogP contribution in [-0.4, -0.2) is 13.1 Å². The van der Waals surface area contributed by atoms with Crippen molar-refractivity contribution in [2.45, 2.75) is 25.7 Å². The molecule has 2 rings (SSSR count). The minimum Gasteiger partial charge on any atom is -0.316 e. The Hall–Kier alpha value is -0.600. The topological polar surface area (TPSA) is 12.0 Å². The minimum absolute atomic E-state index is 0.155. The average Bonchev–Trinajstić information content (AvgIpc) is 2.29. The Balaban J connectivity index is 2.27. The normalized spacial score (nSPS) is 25.7. The molecule has 1 aliphatic heterocycles. The van der Waals surface area contributed by atoms with Gasteiger partial charge in [0.15, 0.2) is 0 Å². The summed E-state index contributed by atoms with van der Waals surface area (Å²) in [4.78, 5) is 0. The van der Waals surface area contributed by atoms with Gasteiger partial charge in [-0.2, -0.15) is 0 Å². The Labute approximate surface area is 101 Å². The first-order valence-corrected chi connectivity index (χ1v) is 6.25. The largest absolute Gasteiger partial charge is 0.316 e. The Morgan fingerprint density at radius 1 is 1.50 bits per heavy atom. The number of halogens is 2. The molecule has 1 fully saturated rings. The SMILES string of the molecule is CCC1CNCCC1c1ccc(Cl)cc1F. The minimum atomic E-state index is -0.155. The molecule has 0 saturated carbocycles. The second-order valence-corrected chi connectivity index (χ2v) is 4.87. The summed E-state index contributed by atoms with van der Waals surface area (Å²) >= 11 is 5.77. The van der Waals surface area contributed by atoms with E-state index in [2.05, 4.69) is 12.2 Å². The second-order valence-electron chi connectivity index (χ2n) is 4.43. The van der Waals surface area contributed by atoms with Gasteiger partial charge in [-0.1, -0.05) is 31.0 Å². The molecule has 88 valence electrons. The van der Waals surface area contributed by atoms with Gasteiger partial charge in [-0.3, -0.25) is 0 Å². The molecule has 0 bridgehead atoms. The van der Waals surface area contributed by atoms with Gasteiger partial charge in [0.2, 0.25) is 0 Å². The van der Waals surface area contributed by atoms with E-state index < -0.39 is 0 Å². The van der Waals surface area contributed by atoms with Crippen LogP contribution in [0.25, 0.3) is 0 Å². The van der Waals surface area contributed by atoms with E-state index in [1.54, 1.807) is 6.07 Å². The van der Waals surface area contributed by atoms with Crippen LogP contribution in [0.3, 0.4) is 0 Å². The van der Waals surface area contributed by atoms with Crippen LogP contribution in [0.4, 0.5) is 4.39 Å². The summed E-state index contributed by atoms with van der Waals surface area (Å²) in [6.07, 6.45) is 2.09. The zero-order chi connectivity index (χ0) is 11.5.